The first kappa shape index (κ1) is 13.5. The molecule has 4 heteroatoms. The molecule has 0 bridgehead atoms. The van der Waals surface area contributed by atoms with Crippen molar-refractivity contribution in [3.63, 3.8) is 0 Å². The van der Waals surface area contributed by atoms with Gasteiger partial charge in [0.25, 0.3) is 0 Å². The minimum Gasteiger partial charge on any atom is -0.375 e. The largest absolute Gasteiger partial charge is 0.375 e. The molecule has 1 unspecified atom stereocenters. The van der Waals surface area contributed by atoms with Gasteiger partial charge in [-0.3, -0.25) is 0 Å². The highest BCUT2D eigenvalue weighted by Crippen LogP contribution is 2.44. The smallest absolute Gasteiger partial charge is 0.168 e. The molecule has 2 heterocycles. The fourth-order valence-electron chi connectivity index (χ4n) is 4.24. The predicted molar refractivity (Wildman–Crippen MR) is 73.5 cm³/mol. The fraction of sp³-hybridized carbons (Fsp3) is 1.00. The Morgan fingerprint density at radius 2 is 1.50 bits per heavy atom. The van der Waals surface area contributed by atoms with Crippen LogP contribution >= 0.6 is 0 Å². The van der Waals surface area contributed by atoms with Crippen LogP contribution in [0.4, 0.5) is 0 Å². The number of rotatable bonds is 2. The van der Waals surface area contributed by atoms with Crippen LogP contribution in [0.15, 0.2) is 0 Å². The molecule has 2 saturated carbocycles. The van der Waals surface area contributed by atoms with E-state index in [1.54, 1.807) is 0 Å². The van der Waals surface area contributed by atoms with E-state index in [0.717, 1.165) is 58.3 Å². The average molecular weight is 282 g/mol. The molecule has 114 valence electrons. The quantitative estimate of drug-likeness (QED) is 0.780. The molecule has 4 aliphatic rings. The molecule has 4 rings (SSSR count). The van der Waals surface area contributed by atoms with Crippen molar-refractivity contribution in [2.24, 2.45) is 0 Å². The van der Waals surface area contributed by atoms with Crippen LogP contribution in [-0.2, 0) is 18.9 Å². The van der Waals surface area contributed by atoms with Gasteiger partial charge in [-0.25, -0.2) is 0 Å². The van der Waals surface area contributed by atoms with Gasteiger partial charge in [-0.1, -0.05) is 0 Å². The van der Waals surface area contributed by atoms with Crippen LogP contribution in [0.5, 0.6) is 0 Å². The van der Waals surface area contributed by atoms with Gasteiger partial charge in [-0.2, -0.15) is 0 Å². The molecule has 4 fully saturated rings. The van der Waals surface area contributed by atoms with Gasteiger partial charge >= 0.3 is 0 Å². The minimum atomic E-state index is -0.259. The summed E-state index contributed by atoms with van der Waals surface area (Å²) in [4.78, 5) is 0. The summed E-state index contributed by atoms with van der Waals surface area (Å²) in [6.45, 7) is 2.40. The molecule has 2 saturated heterocycles. The van der Waals surface area contributed by atoms with E-state index >= 15 is 0 Å². The first-order valence-electron chi connectivity index (χ1n) is 8.35. The Morgan fingerprint density at radius 3 is 2.15 bits per heavy atom. The van der Waals surface area contributed by atoms with Gasteiger partial charge in [-0.05, 0) is 38.5 Å². The van der Waals surface area contributed by atoms with E-state index in [0.29, 0.717) is 12.2 Å². The lowest BCUT2D eigenvalue weighted by Gasteiger charge is -2.48. The standard InChI is InChI=1S/C16H26O4/c1-5-15(6-1)12-14(4-9-17-15)20-13-2-7-16(8-3-13)18-10-11-19-16/h13-14H,1-12H2. The van der Waals surface area contributed by atoms with Crippen molar-refractivity contribution in [1.29, 1.82) is 0 Å². The second-order valence-electron chi connectivity index (χ2n) is 6.94. The second-order valence-corrected chi connectivity index (χ2v) is 6.94. The zero-order valence-electron chi connectivity index (χ0n) is 12.3. The maximum atomic E-state index is 6.38. The Morgan fingerprint density at radius 1 is 0.750 bits per heavy atom. The van der Waals surface area contributed by atoms with Crippen LogP contribution < -0.4 is 0 Å². The molecule has 2 spiro atoms. The van der Waals surface area contributed by atoms with Crippen molar-refractivity contribution in [1.82, 2.24) is 0 Å². The van der Waals surface area contributed by atoms with Crippen LogP contribution in [0.25, 0.3) is 0 Å². The van der Waals surface area contributed by atoms with Gasteiger partial charge in [0.1, 0.15) is 0 Å². The van der Waals surface area contributed by atoms with Crippen LogP contribution in [0.2, 0.25) is 0 Å². The van der Waals surface area contributed by atoms with Gasteiger partial charge in [0.15, 0.2) is 5.79 Å². The molecule has 2 aliphatic carbocycles. The lowest BCUT2D eigenvalue weighted by molar-refractivity contribution is -0.211. The number of hydrogen-bond donors (Lipinski definition) is 0. The van der Waals surface area contributed by atoms with Gasteiger partial charge in [0.2, 0.25) is 0 Å². The molecular formula is C16H26O4. The van der Waals surface area contributed by atoms with Crippen molar-refractivity contribution >= 4 is 0 Å². The zero-order chi connectivity index (χ0) is 13.5. The van der Waals surface area contributed by atoms with Crippen molar-refractivity contribution in [2.75, 3.05) is 19.8 Å². The van der Waals surface area contributed by atoms with E-state index < -0.39 is 0 Å². The lowest BCUT2D eigenvalue weighted by Crippen LogP contribution is -2.49. The summed E-state index contributed by atoms with van der Waals surface area (Å²) in [6, 6.07) is 0. The van der Waals surface area contributed by atoms with Gasteiger partial charge in [0, 0.05) is 25.9 Å². The summed E-state index contributed by atoms with van der Waals surface area (Å²) >= 11 is 0. The van der Waals surface area contributed by atoms with Crippen molar-refractivity contribution < 1.29 is 18.9 Å². The average Bonchev–Trinajstić information content (AvgIpc) is 2.89. The topological polar surface area (TPSA) is 36.9 Å². The van der Waals surface area contributed by atoms with E-state index in [1.165, 1.54) is 19.3 Å². The summed E-state index contributed by atoms with van der Waals surface area (Å²) in [5.74, 6) is -0.259. The molecule has 0 aromatic rings. The Hall–Kier alpha value is -0.160. The maximum Gasteiger partial charge on any atom is 0.168 e. The second kappa shape index (κ2) is 5.24. The summed E-state index contributed by atoms with van der Waals surface area (Å²) in [5, 5.41) is 0. The highest BCUT2D eigenvalue weighted by Gasteiger charge is 2.45. The summed E-state index contributed by atoms with van der Waals surface area (Å²) < 4.78 is 23.9. The maximum absolute atomic E-state index is 6.38. The highest BCUT2D eigenvalue weighted by molar-refractivity contribution is 4.95. The van der Waals surface area contributed by atoms with Crippen molar-refractivity contribution in [3.8, 4) is 0 Å². The van der Waals surface area contributed by atoms with E-state index in [2.05, 4.69) is 0 Å². The van der Waals surface area contributed by atoms with Gasteiger partial charge in [0.05, 0.1) is 31.0 Å². The Bertz CT molecular complexity index is 336. The molecule has 20 heavy (non-hydrogen) atoms. The van der Waals surface area contributed by atoms with Crippen LogP contribution in [0.3, 0.4) is 0 Å². The zero-order valence-corrected chi connectivity index (χ0v) is 12.3. The number of ether oxygens (including phenoxy) is 4. The molecule has 0 aromatic heterocycles. The summed E-state index contributed by atoms with van der Waals surface area (Å²) in [6.07, 6.45) is 10.9. The molecule has 2 aliphatic heterocycles. The fourth-order valence-corrected chi connectivity index (χ4v) is 4.24. The van der Waals surface area contributed by atoms with Crippen molar-refractivity contribution in [2.45, 2.75) is 81.4 Å². The van der Waals surface area contributed by atoms with E-state index in [4.69, 9.17) is 18.9 Å². The van der Waals surface area contributed by atoms with E-state index in [-0.39, 0.29) is 11.4 Å². The summed E-state index contributed by atoms with van der Waals surface area (Å²) in [7, 11) is 0. The predicted octanol–water partition coefficient (Wildman–Crippen LogP) is 2.79. The SMILES string of the molecule is C1CC2(C1)CC(OC1CCC3(CC1)OCCO3)CCO2. The van der Waals surface area contributed by atoms with E-state index in [1.807, 2.05) is 0 Å². The number of hydrogen-bond acceptors (Lipinski definition) is 4. The monoisotopic (exact) mass is 282 g/mol. The lowest BCUT2D eigenvalue weighted by atomic mass is 9.74. The molecular weight excluding hydrogens is 256 g/mol. The van der Waals surface area contributed by atoms with Crippen LogP contribution in [0.1, 0.15) is 57.8 Å². The minimum absolute atomic E-state index is 0.191. The Labute approximate surface area is 121 Å². The highest BCUT2D eigenvalue weighted by atomic mass is 16.7. The van der Waals surface area contributed by atoms with Crippen LogP contribution in [-0.4, -0.2) is 43.4 Å². The van der Waals surface area contributed by atoms with Gasteiger partial charge < -0.3 is 18.9 Å². The van der Waals surface area contributed by atoms with Gasteiger partial charge in [-0.15, -0.1) is 0 Å². The van der Waals surface area contributed by atoms with Crippen LogP contribution in [0, 0.1) is 0 Å². The Balaban J connectivity index is 1.27. The third kappa shape index (κ3) is 2.52. The molecule has 0 N–H and O–H groups in total. The Kier molecular flexibility index (Phi) is 3.53. The molecule has 0 amide bonds. The molecule has 4 nitrogen and oxygen atoms in total. The molecule has 1 atom stereocenters. The van der Waals surface area contributed by atoms with Crippen molar-refractivity contribution in [3.05, 3.63) is 0 Å². The molecule has 0 aromatic carbocycles. The normalized spacial score (nSPS) is 36.3. The molecule has 0 radical (unpaired) electrons. The summed E-state index contributed by atoms with van der Waals surface area (Å²) in [5.41, 5.74) is 0.191. The first-order chi connectivity index (χ1) is 9.78. The van der Waals surface area contributed by atoms with E-state index in [9.17, 15) is 0 Å². The third-order valence-corrected chi connectivity index (χ3v) is 5.61. The third-order valence-electron chi connectivity index (χ3n) is 5.61. The first-order valence-corrected chi connectivity index (χ1v) is 8.35.